The molecule has 7 nitrogen and oxygen atoms in total. The lowest BCUT2D eigenvalue weighted by molar-refractivity contribution is -0.148. The Labute approximate surface area is 147 Å². The molecule has 1 aliphatic heterocycles. The van der Waals surface area contributed by atoms with Gasteiger partial charge in [-0.1, -0.05) is 30.3 Å². The zero-order valence-electron chi connectivity index (χ0n) is 14.8. The SMILES string of the molecule is CC(C)(C)OC(=O)N1CC(=O)N(CC(=O)O)C[C@@H]1Cc1ccccc1. The van der Waals surface area contributed by atoms with Crippen LogP contribution in [-0.4, -0.2) is 64.2 Å². The Kier molecular flexibility index (Phi) is 5.66. The second-order valence-corrected chi connectivity index (χ2v) is 7.12. The van der Waals surface area contributed by atoms with Gasteiger partial charge in [-0.15, -0.1) is 0 Å². The number of benzene rings is 1. The van der Waals surface area contributed by atoms with E-state index in [2.05, 4.69) is 0 Å². The van der Waals surface area contributed by atoms with Crippen LogP contribution in [0.25, 0.3) is 0 Å². The molecule has 1 aromatic rings. The van der Waals surface area contributed by atoms with Gasteiger partial charge in [0.1, 0.15) is 18.7 Å². The van der Waals surface area contributed by atoms with Gasteiger partial charge in [0.15, 0.2) is 0 Å². The number of hydrogen-bond donors (Lipinski definition) is 1. The fraction of sp³-hybridized carbons (Fsp3) is 0.500. The summed E-state index contributed by atoms with van der Waals surface area (Å²) in [6, 6.07) is 9.23. The quantitative estimate of drug-likeness (QED) is 0.896. The van der Waals surface area contributed by atoms with Crippen LogP contribution in [0.5, 0.6) is 0 Å². The molecule has 0 aromatic heterocycles. The van der Waals surface area contributed by atoms with Crippen molar-refractivity contribution in [3.05, 3.63) is 35.9 Å². The summed E-state index contributed by atoms with van der Waals surface area (Å²) in [5, 5.41) is 8.99. The van der Waals surface area contributed by atoms with Crippen LogP contribution < -0.4 is 0 Å². The lowest BCUT2D eigenvalue weighted by Gasteiger charge is -2.40. The summed E-state index contributed by atoms with van der Waals surface area (Å²) in [7, 11) is 0. The van der Waals surface area contributed by atoms with E-state index >= 15 is 0 Å². The molecule has 2 rings (SSSR count). The van der Waals surface area contributed by atoms with Gasteiger partial charge in [-0.2, -0.15) is 0 Å². The van der Waals surface area contributed by atoms with Crippen molar-refractivity contribution >= 4 is 18.0 Å². The highest BCUT2D eigenvalue weighted by molar-refractivity contribution is 5.86. The van der Waals surface area contributed by atoms with Crippen molar-refractivity contribution in [1.29, 1.82) is 0 Å². The van der Waals surface area contributed by atoms with Crippen LogP contribution in [0.1, 0.15) is 26.3 Å². The number of hydrogen-bond acceptors (Lipinski definition) is 4. The van der Waals surface area contributed by atoms with Crippen molar-refractivity contribution in [3.8, 4) is 0 Å². The third-order valence-electron chi connectivity index (χ3n) is 3.80. The number of piperazine rings is 1. The summed E-state index contributed by atoms with van der Waals surface area (Å²) in [6.45, 7) is 4.91. The molecule has 0 bridgehead atoms. The van der Waals surface area contributed by atoms with Gasteiger partial charge >= 0.3 is 12.1 Å². The molecular formula is C18H24N2O5. The van der Waals surface area contributed by atoms with E-state index in [0.717, 1.165) is 5.56 Å². The van der Waals surface area contributed by atoms with Crippen molar-refractivity contribution in [2.75, 3.05) is 19.6 Å². The Morgan fingerprint density at radius 3 is 2.44 bits per heavy atom. The number of nitrogens with zero attached hydrogens (tertiary/aromatic N) is 2. The highest BCUT2D eigenvalue weighted by Gasteiger charge is 2.37. The number of aliphatic carboxylic acids is 1. The smallest absolute Gasteiger partial charge is 0.411 e. The molecule has 136 valence electrons. The Morgan fingerprint density at radius 1 is 1.24 bits per heavy atom. The van der Waals surface area contributed by atoms with E-state index in [4.69, 9.17) is 9.84 Å². The third kappa shape index (κ3) is 5.48. The van der Waals surface area contributed by atoms with Crippen LogP contribution in [0.4, 0.5) is 4.79 Å². The van der Waals surface area contributed by atoms with Gasteiger partial charge in [0.2, 0.25) is 5.91 Å². The normalized spacial score (nSPS) is 18.2. The number of ether oxygens (including phenoxy) is 1. The molecule has 0 spiro atoms. The van der Waals surface area contributed by atoms with Gasteiger partial charge in [-0.3, -0.25) is 14.5 Å². The zero-order valence-corrected chi connectivity index (χ0v) is 14.8. The average Bonchev–Trinajstić information content (AvgIpc) is 2.49. The maximum Gasteiger partial charge on any atom is 0.411 e. The lowest BCUT2D eigenvalue weighted by atomic mass is 10.0. The first kappa shape index (κ1) is 18.8. The summed E-state index contributed by atoms with van der Waals surface area (Å²) in [5.41, 5.74) is 0.334. The van der Waals surface area contributed by atoms with E-state index < -0.39 is 23.6 Å². The topological polar surface area (TPSA) is 87.2 Å². The molecule has 1 N–H and O–H groups in total. The molecular weight excluding hydrogens is 324 g/mol. The van der Waals surface area contributed by atoms with Gasteiger partial charge in [-0.25, -0.2) is 4.79 Å². The highest BCUT2D eigenvalue weighted by Crippen LogP contribution is 2.19. The van der Waals surface area contributed by atoms with Crippen molar-refractivity contribution in [2.24, 2.45) is 0 Å². The minimum absolute atomic E-state index is 0.166. The van der Waals surface area contributed by atoms with Gasteiger partial charge in [0.25, 0.3) is 0 Å². The predicted molar refractivity (Wildman–Crippen MR) is 91.1 cm³/mol. The van der Waals surface area contributed by atoms with E-state index in [1.54, 1.807) is 20.8 Å². The van der Waals surface area contributed by atoms with Gasteiger partial charge < -0.3 is 14.7 Å². The molecule has 0 radical (unpaired) electrons. The van der Waals surface area contributed by atoms with Gasteiger partial charge in [0.05, 0.1) is 6.04 Å². The van der Waals surface area contributed by atoms with Gasteiger partial charge in [-0.05, 0) is 32.8 Å². The van der Waals surface area contributed by atoms with Crippen LogP contribution >= 0.6 is 0 Å². The number of carbonyl (C=O) groups excluding carboxylic acids is 2. The molecule has 1 atom stereocenters. The van der Waals surface area contributed by atoms with Crippen LogP contribution in [0.15, 0.2) is 30.3 Å². The first-order chi connectivity index (χ1) is 11.7. The monoisotopic (exact) mass is 348 g/mol. The minimum Gasteiger partial charge on any atom is -0.480 e. The number of amides is 2. The minimum atomic E-state index is -1.07. The predicted octanol–water partition coefficient (Wildman–Crippen LogP) is 1.76. The summed E-state index contributed by atoms with van der Waals surface area (Å²) >= 11 is 0. The second kappa shape index (κ2) is 7.55. The second-order valence-electron chi connectivity index (χ2n) is 7.12. The van der Waals surface area contributed by atoms with Crippen molar-refractivity contribution < 1.29 is 24.2 Å². The molecule has 0 saturated carbocycles. The summed E-state index contributed by atoms with van der Waals surface area (Å²) in [5.74, 6) is -1.46. The van der Waals surface area contributed by atoms with Crippen LogP contribution in [-0.2, 0) is 20.7 Å². The highest BCUT2D eigenvalue weighted by atomic mass is 16.6. The average molecular weight is 348 g/mol. The van der Waals surface area contributed by atoms with Crippen LogP contribution in [0, 0.1) is 0 Å². The molecule has 0 unspecified atom stereocenters. The third-order valence-corrected chi connectivity index (χ3v) is 3.80. The Bertz CT molecular complexity index is 639. The van der Waals surface area contributed by atoms with E-state index in [0.29, 0.717) is 6.42 Å². The van der Waals surface area contributed by atoms with Gasteiger partial charge in [0, 0.05) is 6.54 Å². The number of rotatable bonds is 4. The van der Waals surface area contributed by atoms with Crippen LogP contribution in [0.3, 0.4) is 0 Å². The van der Waals surface area contributed by atoms with E-state index in [1.165, 1.54) is 9.80 Å². The fourth-order valence-corrected chi connectivity index (χ4v) is 2.74. The van der Waals surface area contributed by atoms with E-state index in [9.17, 15) is 14.4 Å². The molecule has 1 fully saturated rings. The molecule has 7 heteroatoms. The van der Waals surface area contributed by atoms with E-state index in [1.807, 2.05) is 30.3 Å². The van der Waals surface area contributed by atoms with Crippen molar-refractivity contribution in [3.63, 3.8) is 0 Å². The maximum absolute atomic E-state index is 12.5. The molecule has 2 amide bonds. The fourth-order valence-electron chi connectivity index (χ4n) is 2.74. The maximum atomic E-state index is 12.5. The summed E-state index contributed by atoms with van der Waals surface area (Å²) < 4.78 is 5.41. The van der Waals surface area contributed by atoms with Crippen LogP contribution in [0.2, 0.25) is 0 Å². The Balaban J connectivity index is 2.20. The number of carboxylic acids is 1. The standard InChI is InChI=1S/C18H24N2O5/c1-18(2,3)25-17(24)20-11-15(21)19(12-16(22)23)10-14(20)9-13-7-5-4-6-8-13/h4-8,14H,9-12H2,1-3H3,(H,22,23)/t14-/m0/s1. The first-order valence-electron chi connectivity index (χ1n) is 8.19. The number of carboxylic acid groups (broad SMARTS) is 1. The summed E-state index contributed by atoms with van der Waals surface area (Å²) in [6.07, 6.45) is -0.0412. The molecule has 25 heavy (non-hydrogen) atoms. The molecule has 1 aromatic carbocycles. The lowest BCUT2D eigenvalue weighted by Crippen LogP contribution is -2.60. The summed E-state index contributed by atoms with van der Waals surface area (Å²) in [4.78, 5) is 38.4. The number of carbonyl (C=O) groups is 3. The largest absolute Gasteiger partial charge is 0.480 e. The van der Waals surface area contributed by atoms with E-state index in [-0.39, 0.29) is 25.7 Å². The Hall–Kier alpha value is -2.57. The first-order valence-corrected chi connectivity index (χ1v) is 8.19. The Morgan fingerprint density at radius 2 is 1.88 bits per heavy atom. The zero-order chi connectivity index (χ0) is 18.6. The van der Waals surface area contributed by atoms with Crippen molar-refractivity contribution in [2.45, 2.75) is 38.8 Å². The molecule has 0 aliphatic carbocycles. The molecule has 1 saturated heterocycles. The molecule has 1 heterocycles. The molecule has 1 aliphatic rings. The van der Waals surface area contributed by atoms with Crippen molar-refractivity contribution in [1.82, 2.24) is 9.80 Å².